The molecule has 2 aliphatic heterocycles. The van der Waals surface area contributed by atoms with E-state index in [1.807, 2.05) is 11.0 Å². The van der Waals surface area contributed by atoms with E-state index in [9.17, 15) is 4.79 Å². The van der Waals surface area contributed by atoms with Crippen molar-refractivity contribution in [3.05, 3.63) is 18.2 Å². The van der Waals surface area contributed by atoms with Crippen molar-refractivity contribution in [1.29, 1.82) is 0 Å². The van der Waals surface area contributed by atoms with Crippen LogP contribution in [0.25, 0.3) is 0 Å². The quantitative estimate of drug-likeness (QED) is 0.714. The monoisotopic (exact) mass is 407 g/mol. The fraction of sp³-hybridized carbons (Fsp3) is 0.667. The van der Waals surface area contributed by atoms with Crippen LogP contribution < -0.4 is 14.8 Å². The number of rotatable bonds is 8. The highest BCUT2D eigenvalue weighted by molar-refractivity contribution is 5.91. The summed E-state index contributed by atoms with van der Waals surface area (Å²) < 4.78 is 21.6. The van der Waals surface area contributed by atoms with Crippen LogP contribution in [0, 0.1) is 0 Å². The van der Waals surface area contributed by atoms with Gasteiger partial charge in [-0.2, -0.15) is 0 Å². The Morgan fingerprint density at radius 3 is 2.55 bits per heavy atom. The summed E-state index contributed by atoms with van der Waals surface area (Å²) in [6.07, 6.45) is 2.65. The molecule has 0 spiro atoms. The number of nitrogens with one attached hydrogen (secondary N) is 1. The van der Waals surface area contributed by atoms with Gasteiger partial charge in [0.25, 0.3) is 0 Å². The van der Waals surface area contributed by atoms with Gasteiger partial charge in [-0.3, -0.25) is 4.90 Å². The van der Waals surface area contributed by atoms with Gasteiger partial charge in [-0.25, -0.2) is 4.79 Å². The van der Waals surface area contributed by atoms with E-state index in [0.717, 1.165) is 52.1 Å². The van der Waals surface area contributed by atoms with Crippen LogP contribution in [-0.2, 0) is 9.47 Å². The molecule has 0 radical (unpaired) electrons. The Morgan fingerprint density at radius 2 is 1.86 bits per heavy atom. The van der Waals surface area contributed by atoms with Crippen molar-refractivity contribution in [2.45, 2.75) is 25.3 Å². The number of carbonyl (C=O) groups excluding carboxylic acids is 1. The van der Waals surface area contributed by atoms with Crippen LogP contribution in [-0.4, -0.2) is 88.7 Å². The first-order valence-corrected chi connectivity index (χ1v) is 10.4. The number of ether oxygens (including phenoxy) is 4. The zero-order valence-corrected chi connectivity index (χ0v) is 17.5. The average molecular weight is 408 g/mol. The van der Waals surface area contributed by atoms with Crippen LogP contribution in [0.5, 0.6) is 11.5 Å². The molecule has 1 aromatic rings. The molecule has 2 saturated heterocycles. The third-order valence-electron chi connectivity index (χ3n) is 5.52. The minimum atomic E-state index is -0.106. The Kier molecular flexibility index (Phi) is 8.39. The van der Waals surface area contributed by atoms with Crippen molar-refractivity contribution in [2.75, 3.05) is 72.1 Å². The molecule has 0 aliphatic carbocycles. The number of hydrogen-bond acceptors (Lipinski definition) is 6. The molecule has 29 heavy (non-hydrogen) atoms. The van der Waals surface area contributed by atoms with Gasteiger partial charge in [0, 0.05) is 51.5 Å². The summed E-state index contributed by atoms with van der Waals surface area (Å²) in [5, 5.41) is 3.03. The van der Waals surface area contributed by atoms with Gasteiger partial charge in [0.2, 0.25) is 0 Å². The molecule has 1 N–H and O–H groups in total. The third kappa shape index (κ3) is 6.22. The molecule has 0 atom stereocenters. The Morgan fingerprint density at radius 1 is 1.14 bits per heavy atom. The maximum atomic E-state index is 13.2. The second kappa shape index (κ2) is 11.2. The Hall–Kier alpha value is -2.03. The number of hydrogen-bond donors (Lipinski definition) is 1. The summed E-state index contributed by atoms with van der Waals surface area (Å²) in [7, 11) is 3.20. The molecule has 3 rings (SSSR count). The molecule has 2 fully saturated rings. The molecule has 2 amide bonds. The lowest BCUT2D eigenvalue weighted by atomic mass is 10.1. The van der Waals surface area contributed by atoms with Crippen molar-refractivity contribution in [2.24, 2.45) is 0 Å². The maximum absolute atomic E-state index is 13.2. The van der Waals surface area contributed by atoms with Crippen LogP contribution in [0.3, 0.4) is 0 Å². The molecule has 0 aromatic heterocycles. The minimum Gasteiger partial charge on any atom is -0.497 e. The number of methoxy groups -OCH3 is 2. The molecule has 2 aliphatic rings. The summed E-state index contributed by atoms with van der Waals surface area (Å²) in [5.74, 6) is 1.28. The summed E-state index contributed by atoms with van der Waals surface area (Å²) in [5.41, 5.74) is 0.613. The lowest BCUT2D eigenvalue weighted by Crippen LogP contribution is -2.47. The largest absolute Gasteiger partial charge is 0.497 e. The van der Waals surface area contributed by atoms with Crippen molar-refractivity contribution in [1.82, 2.24) is 9.80 Å². The number of carbonyl (C=O) groups is 1. The van der Waals surface area contributed by atoms with E-state index in [1.165, 1.54) is 0 Å². The molecular weight excluding hydrogens is 374 g/mol. The minimum absolute atomic E-state index is 0.106. The normalized spacial score (nSPS) is 18.3. The highest BCUT2D eigenvalue weighted by Gasteiger charge is 2.26. The van der Waals surface area contributed by atoms with Gasteiger partial charge in [-0.15, -0.1) is 0 Å². The molecule has 0 saturated carbocycles. The van der Waals surface area contributed by atoms with Crippen LogP contribution in [0.2, 0.25) is 0 Å². The van der Waals surface area contributed by atoms with Gasteiger partial charge in [0.15, 0.2) is 0 Å². The van der Waals surface area contributed by atoms with Gasteiger partial charge in [0.1, 0.15) is 11.5 Å². The van der Waals surface area contributed by atoms with E-state index in [0.29, 0.717) is 36.9 Å². The van der Waals surface area contributed by atoms with E-state index < -0.39 is 0 Å². The fourth-order valence-corrected chi connectivity index (χ4v) is 3.83. The number of nitrogens with zero attached hydrogens (tertiary/aromatic N) is 2. The summed E-state index contributed by atoms with van der Waals surface area (Å²) >= 11 is 0. The van der Waals surface area contributed by atoms with E-state index in [-0.39, 0.29) is 12.1 Å². The SMILES string of the molecule is COc1ccc(OC)c(NC(=O)N(CCCN2CCOCC2)C2CCOCC2)c1. The molecule has 8 nitrogen and oxygen atoms in total. The Labute approximate surface area is 173 Å². The van der Waals surface area contributed by atoms with Gasteiger partial charge in [-0.1, -0.05) is 0 Å². The average Bonchev–Trinajstić information content (AvgIpc) is 2.78. The first-order valence-electron chi connectivity index (χ1n) is 10.4. The maximum Gasteiger partial charge on any atom is 0.322 e. The van der Waals surface area contributed by atoms with E-state index in [4.69, 9.17) is 18.9 Å². The zero-order chi connectivity index (χ0) is 20.5. The number of urea groups is 1. The topological polar surface area (TPSA) is 72.5 Å². The predicted molar refractivity (Wildman–Crippen MR) is 111 cm³/mol. The molecule has 2 heterocycles. The Balaban J connectivity index is 1.65. The zero-order valence-electron chi connectivity index (χ0n) is 17.5. The van der Waals surface area contributed by atoms with Crippen LogP contribution in [0.4, 0.5) is 10.5 Å². The third-order valence-corrected chi connectivity index (χ3v) is 5.52. The van der Waals surface area contributed by atoms with E-state index in [2.05, 4.69) is 10.2 Å². The smallest absolute Gasteiger partial charge is 0.322 e. The predicted octanol–water partition coefficient (Wildman–Crippen LogP) is 2.44. The van der Waals surface area contributed by atoms with E-state index >= 15 is 0 Å². The molecule has 162 valence electrons. The standard InChI is InChI=1S/C21H33N3O5/c1-26-18-4-5-20(27-2)19(16-18)22-21(25)24(17-6-12-28-13-7-17)9-3-8-23-10-14-29-15-11-23/h4-5,16-17H,3,6-15H2,1-2H3,(H,22,25). The highest BCUT2D eigenvalue weighted by Crippen LogP contribution is 2.29. The van der Waals surface area contributed by atoms with Gasteiger partial charge in [-0.05, 0) is 31.4 Å². The van der Waals surface area contributed by atoms with Crippen molar-refractivity contribution >= 4 is 11.7 Å². The summed E-state index contributed by atoms with van der Waals surface area (Å²) in [6.45, 7) is 6.58. The number of morpholine rings is 1. The van der Waals surface area contributed by atoms with Gasteiger partial charge in [0.05, 0.1) is 33.1 Å². The van der Waals surface area contributed by atoms with Crippen LogP contribution >= 0.6 is 0 Å². The highest BCUT2D eigenvalue weighted by atomic mass is 16.5. The number of benzene rings is 1. The van der Waals surface area contributed by atoms with E-state index in [1.54, 1.807) is 26.4 Å². The second-order valence-corrected chi connectivity index (χ2v) is 7.34. The van der Waals surface area contributed by atoms with Gasteiger partial charge < -0.3 is 29.2 Å². The van der Waals surface area contributed by atoms with Crippen LogP contribution in [0.15, 0.2) is 18.2 Å². The second-order valence-electron chi connectivity index (χ2n) is 7.34. The van der Waals surface area contributed by atoms with Crippen molar-refractivity contribution in [3.63, 3.8) is 0 Å². The summed E-state index contributed by atoms with van der Waals surface area (Å²) in [6, 6.07) is 5.47. The number of anilines is 1. The van der Waals surface area contributed by atoms with Crippen molar-refractivity contribution < 1.29 is 23.7 Å². The first kappa shape index (κ1) is 21.7. The number of amides is 2. The fourth-order valence-electron chi connectivity index (χ4n) is 3.83. The van der Waals surface area contributed by atoms with Crippen LogP contribution in [0.1, 0.15) is 19.3 Å². The van der Waals surface area contributed by atoms with Gasteiger partial charge >= 0.3 is 6.03 Å². The molecule has 0 unspecified atom stereocenters. The molecular formula is C21H33N3O5. The lowest BCUT2D eigenvalue weighted by molar-refractivity contribution is 0.0316. The molecule has 8 heteroatoms. The molecule has 1 aromatic carbocycles. The molecule has 0 bridgehead atoms. The Bertz CT molecular complexity index is 645. The summed E-state index contributed by atoms with van der Waals surface area (Å²) in [4.78, 5) is 17.6. The lowest BCUT2D eigenvalue weighted by Gasteiger charge is -2.35. The van der Waals surface area contributed by atoms with Crippen molar-refractivity contribution in [3.8, 4) is 11.5 Å². The first-order chi connectivity index (χ1) is 14.2.